The molecule has 0 unspecified atom stereocenters. The molecule has 0 N–H and O–H groups in total. The SMILES string of the molecule is Cn1c(=O)c2ccccc2n2c(SCc3cccc(OCc4ccccc4)c3)nnc12. The van der Waals surface area contributed by atoms with Gasteiger partial charge in [0, 0.05) is 12.8 Å². The highest BCUT2D eigenvalue weighted by Gasteiger charge is 2.15. The summed E-state index contributed by atoms with van der Waals surface area (Å²) < 4.78 is 9.43. The fourth-order valence-corrected chi connectivity index (χ4v) is 4.40. The van der Waals surface area contributed by atoms with Crippen LogP contribution in [0.3, 0.4) is 0 Å². The molecule has 0 aliphatic rings. The van der Waals surface area contributed by atoms with Crippen LogP contribution in [0.2, 0.25) is 0 Å². The molecule has 0 radical (unpaired) electrons. The summed E-state index contributed by atoms with van der Waals surface area (Å²) in [4.78, 5) is 12.6. The molecule has 0 amide bonds. The average Bonchev–Trinajstić information content (AvgIpc) is 3.25. The number of hydrogen-bond acceptors (Lipinski definition) is 5. The first-order valence-electron chi connectivity index (χ1n) is 9.92. The number of benzene rings is 3. The Balaban J connectivity index is 1.39. The zero-order valence-electron chi connectivity index (χ0n) is 16.9. The van der Waals surface area contributed by atoms with Crippen molar-refractivity contribution in [2.24, 2.45) is 7.05 Å². The quantitative estimate of drug-likeness (QED) is 0.374. The van der Waals surface area contributed by atoms with Gasteiger partial charge in [-0.3, -0.25) is 13.8 Å². The van der Waals surface area contributed by atoms with Crippen molar-refractivity contribution < 1.29 is 4.74 Å². The Bertz CT molecular complexity index is 1430. The van der Waals surface area contributed by atoms with Crippen molar-refractivity contribution in [3.8, 4) is 5.75 Å². The lowest BCUT2D eigenvalue weighted by Crippen LogP contribution is -2.20. The number of aromatic nitrogens is 4. The minimum Gasteiger partial charge on any atom is -0.489 e. The number of nitrogens with zero attached hydrogens (tertiary/aromatic N) is 4. The van der Waals surface area contributed by atoms with Crippen molar-refractivity contribution in [2.75, 3.05) is 0 Å². The minimum absolute atomic E-state index is 0.0738. The number of ether oxygens (including phenoxy) is 1. The molecule has 0 atom stereocenters. The van der Waals surface area contributed by atoms with Crippen LogP contribution < -0.4 is 10.3 Å². The fourth-order valence-electron chi connectivity index (χ4n) is 3.52. The summed E-state index contributed by atoms with van der Waals surface area (Å²) in [7, 11) is 1.72. The lowest BCUT2D eigenvalue weighted by Gasteiger charge is -2.09. The normalized spacial score (nSPS) is 11.3. The van der Waals surface area contributed by atoms with E-state index in [0.717, 1.165) is 27.5 Å². The second-order valence-electron chi connectivity index (χ2n) is 7.21. The summed E-state index contributed by atoms with van der Waals surface area (Å²) in [6.45, 7) is 0.534. The van der Waals surface area contributed by atoms with Gasteiger partial charge in [-0.1, -0.05) is 66.4 Å². The molecule has 0 bridgehead atoms. The van der Waals surface area contributed by atoms with Crippen molar-refractivity contribution in [2.45, 2.75) is 17.5 Å². The molecule has 154 valence electrons. The largest absolute Gasteiger partial charge is 0.489 e. The van der Waals surface area contributed by atoms with E-state index < -0.39 is 0 Å². The first-order valence-corrected chi connectivity index (χ1v) is 10.9. The summed E-state index contributed by atoms with van der Waals surface area (Å²) in [5.41, 5.74) is 3.00. The van der Waals surface area contributed by atoms with Gasteiger partial charge in [0.05, 0.1) is 10.9 Å². The number of aryl methyl sites for hydroxylation is 1. The van der Waals surface area contributed by atoms with E-state index in [2.05, 4.69) is 16.3 Å². The zero-order valence-corrected chi connectivity index (χ0v) is 17.7. The maximum absolute atomic E-state index is 12.6. The molecule has 0 saturated carbocycles. The summed E-state index contributed by atoms with van der Waals surface area (Å²) >= 11 is 1.58. The van der Waals surface area contributed by atoms with E-state index in [4.69, 9.17) is 4.74 Å². The Morgan fingerprint density at radius 2 is 1.68 bits per heavy atom. The van der Waals surface area contributed by atoms with Gasteiger partial charge in [-0.05, 0) is 35.4 Å². The monoisotopic (exact) mass is 428 g/mol. The van der Waals surface area contributed by atoms with Gasteiger partial charge in [0.15, 0.2) is 5.16 Å². The van der Waals surface area contributed by atoms with Gasteiger partial charge in [0.25, 0.3) is 5.56 Å². The van der Waals surface area contributed by atoms with E-state index in [-0.39, 0.29) is 5.56 Å². The van der Waals surface area contributed by atoms with E-state index in [0.29, 0.717) is 23.5 Å². The molecule has 5 rings (SSSR count). The number of rotatable bonds is 6. The maximum Gasteiger partial charge on any atom is 0.262 e. The number of fused-ring (bicyclic) bond motifs is 3. The van der Waals surface area contributed by atoms with Crippen molar-refractivity contribution in [1.82, 2.24) is 19.2 Å². The molecule has 0 aliphatic carbocycles. The van der Waals surface area contributed by atoms with E-state index >= 15 is 0 Å². The summed E-state index contributed by atoms with van der Waals surface area (Å²) in [6, 6.07) is 25.7. The van der Waals surface area contributed by atoms with Gasteiger partial charge in [-0.2, -0.15) is 0 Å². The number of thioether (sulfide) groups is 1. The van der Waals surface area contributed by atoms with E-state index in [1.165, 1.54) is 4.57 Å². The van der Waals surface area contributed by atoms with Crippen molar-refractivity contribution in [3.05, 3.63) is 100 Å². The summed E-state index contributed by atoms with van der Waals surface area (Å²) in [6.07, 6.45) is 0. The van der Waals surface area contributed by atoms with Crippen molar-refractivity contribution in [1.29, 1.82) is 0 Å². The third kappa shape index (κ3) is 3.80. The van der Waals surface area contributed by atoms with E-state index in [1.54, 1.807) is 18.8 Å². The molecule has 0 fully saturated rings. The van der Waals surface area contributed by atoms with Crippen LogP contribution in [0.15, 0.2) is 88.8 Å². The van der Waals surface area contributed by atoms with Crippen molar-refractivity contribution >= 4 is 28.4 Å². The predicted molar refractivity (Wildman–Crippen MR) is 123 cm³/mol. The van der Waals surface area contributed by atoms with Crippen LogP contribution in [0.5, 0.6) is 5.75 Å². The Morgan fingerprint density at radius 3 is 2.55 bits per heavy atom. The van der Waals surface area contributed by atoms with Gasteiger partial charge in [0.2, 0.25) is 5.78 Å². The van der Waals surface area contributed by atoms with Crippen LogP contribution in [0.4, 0.5) is 0 Å². The lowest BCUT2D eigenvalue weighted by molar-refractivity contribution is 0.306. The third-order valence-electron chi connectivity index (χ3n) is 5.11. The summed E-state index contributed by atoms with van der Waals surface area (Å²) in [5, 5.41) is 9.99. The summed E-state index contributed by atoms with van der Waals surface area (Å²) in [5.74, 6) is 2.08. The first kappa shape index (κ1) is 19.4. The van der Waals surface area contributed by atoms with Crippen LogP contribution in [0.1, 0.15) is 11.1 Å². The predicted octanol–water partition coefficient (Wildman–Crippen LogP) is 4.45. The molecular weight excluding hydrogens is 408 g/mol. The Kier molecular flexibility index (Phi) is 5.18. The first-order chi connectivity index (χ1) is 15.2. The molecule has 2 aromatic heterocycles. The zero-order chi connectivity index (χ0) is 21.2. The van der Waals surface area contributed by atoms with Gasteiger partial charge >= 0.3 is 0 Å². The Labute approximate surface area is 183 Å². The molecular formula is C24H20N4O2S. The molecule has 5 aromatic rings. The highest BCUT2D eigenvalue weighted by molar-refractivity contribution is 7.98. The van der Waals surface area contributed by atoms with Gasteiger partial charge in [0.1, 0.15) is 12.4 Å². The molecule has 0 aliphatic heterocycles. The number of para-hydroxylation sites is 1. The molecule has 6 nitrogen and oxygen atoms in total. The fraction of sp³-hybridized carbons (Fsp3) is 0.125. The van der Waals surface area contributed by atoms with Crippen LogP contribution in [0, 0.1) is 0 Å². The molecule has 2 heterocycles. The second kappa shape index (κ2) is 8.28. The molecule has 31 heavy (non-hydrogen) atoms. The van der Waals surface area contributed by atoms with Crippen molar-refractivity contribution in [3.63, 3.8) is 0 Å². The lowest BCUT2D eigenvalue weighted by atomic mass is 10.2. The van der Waals surface area contributed by atoms with Crippen LogP contribution >= 0.6 is 11.8 Å². The van der Waals surface area contributed by atoms with Gasteiger partial charge < -0.3 is 4.74 Å². The topological polar surface area (TPSA) is 61.4 Å². The number of hydrogen-bond donors (Lipinski definition) is 0. The highest BCUT2D eigenvalue weighted by atomic mass is 32.2. The molecule has 0 saturated heterocycles. The Morgan fingerprint density at radius 1 is 0.903 bits per heavy atom. The molecule has 0 spiro atoms. The average molecular weight is 429 g/mol. The van der Waals surface area contributed by atoms with Gasteiger partial charge in [-0.15, -0.1) is 10.2 Å². The van der Waals surface area contributed by atoms with E-state index in [1.807, 2.05) is 77.2 Å². The molecule has 7 heteroatoms. The standard InChI is InChI=1S/C24H20N4O2S/c1-27-22(29)20-12-5-6-13-21(20)28-23(27)25-26-24(28)31-16-18-10-7-11-19(14-18)30-15-17-8-3-2-4-9-17/h2-14H,15-16H2,1H3. The van der Waals surface area contributed by atoms with Crippen LogP contribution in [0.25, 0.3) is 16.7 Å². The van der Waals surface area contributed by atoms with Crippen LogP contribution in [-0.2, 0) is 19.4 Å². The van der Waals surface area contributed by atoms with E-state index in [9.17, 15) is 4.79 Å². The minimum atomic E-state index is -0.0738. The Hall–Kier alpha value is -3.58. The third-order valence-corrected chi connectivity index (χ3v) is 6.11. The smallest absolute Gasteiger partial charge is 0.262 e. The highest BCUT2D eigenvalue weighted by Crippen LogP contribution is 2.26. The van der Waals surface area contributed by atoms with Crippen LogP contribution in [-0.4, -0.2) is 19.2 Å². The molecule has 3 aromatic carbocycles. The van der Waals surface area contributed by atoms with Gasteiger partial charge in [-0.25, -0.2) is 0 Å². The second-order valence-corrected chi connectivity index (χ2v) is 8.15. The maximum atomic E-state index is 12.6.